The lowest BCUT2D eigenvalue weighted by Crippen LogP contribution is -2.42. The van der Waals surface area contributed by atoms with Crippen LogP contribution in [-0.4, -0.2) is 53.2 Å². The van der Waals surface area contributed by atoms with E-state index in [4.69, 9.17) is 33.0 Å². The van der Waals surface area contributed by atoms with Crippen molar-refractivity contribution in [3.63, 3.8) is 0 Å². The minimum Gasteiger partial charge on any atom is -0.494 e. The van der Waals surface area contributed by atoms with Gasteiger partial charge in [0.05, 0.1) is 28.5 Å². The highest BCUT2D eigenvalue weighted by Crippen LogP contribution is 2.45. The fourth-order valence-electron chi connectivity index (χ4n) is 7.88. The molecule has 0 unspecified atom stereocenters. The van der Waals surface area contributed by atoms with Crippen LogP contribution in [0, 0.1) is 27.7 Å². The summed E-state index contributed by atoms with van der Waals surface area (Å²) in [4.78, 5) is 24.8. The summed E-state index contributed by atoms with van der Waals surface area (Å²) in [6.45, 7) is 11.2. The number of aryl methyl sites for hydroxylation is 6. The van der Waals surface area contributed by atoms with Gasteiger partial charge in [-0.25, -0.2) is 4.98 Å². The minimum absolute atomic E-state index is 0.0573. The molecule has 4 aromatic heterocycles. The molecule has 12 heteroatoms. The zero-order chi connectivity index (χ0) is 36.6. The molecule has 0 saturated heterocycles. The van der Waals surface area contributed by atoms with Crippen LogP contribution in [0.25, 0.3) is 44.3 Å². The molecule has 1 aliphatic heterocycles. The van der Waals surface area contributed by atoms with E-state index in [2.05, 4.69) is 45.6 Å². The van der Waals surface area contributed by atoms with Crippen molar-refractivity contribution in [1.82, 2.24) is 34.1 Å². The Kier molecular flexibility index (Phi) is 8.42. The Balaban J connectivity index is 1.25. The molecule has 1 N–H and O–H groups in total. The van der Waals surface area contributed by atoms with E-state index in [-0.39, 0.29) is 11.9 Å². The average molecular weight is 736 g/mol. The smallest absolute Gasteiger partial charge is 0.275 e. The predicted octanol–water partition coefficient (Wildman–Crippen LogP) is 9.09. The van der Waals surface area contributed by atoms with Crippen molar-refractivity contribution in [2.24, 2.45) is 14.1 Å². The van der Waals surface area contributed by atoms with Crippen LogP contribution in [0.4, 0.5) is 5.69 Å². The third-order valence-electron chi connectivity index (χ3n) is 10.4. The molecule has 52 heavy (non-hydrogen) atoms. The largest absolute Gasteiger partial charge is 0.494 e. The number of hydrogen-bond donors (Lipinski definition) is 1. The van der Waals surface area contributed by atoms with Gasteiger partial charge in [-0.3, -0.25) is 14.2 Å². The SMILES string of the molecule is Cc1cc(OCCCc2c3n(c4c(-c5c(C)nn(C)c5C)c(Cl)ccc24)[C@H](C)CN(c2c[nH]c4ccc(-c5ncn(C)n5)cc24)C3=O)cc(C)c1Cl. The lowest BCUT2D eigenvalue weighted by Gasteiger charge is -2.34. The van der Waals surface area contributed by atoms with E-state index >= 15 is 4.79 Å². The molecule has 0 saturated carbocycles. The van der Waals surface area contributed by atoms with Crippen LogP contribution in [0.15, 0.2) is 55.0 Å². The normalized spacial score (nSPS) is 14.6. The quantitative estimate of drug-likeness (QED) is 0.157. The van der Waals surface area contributed by atoms with Gasteiger partial charge in [-0.1, -0.05) is 29.3 Å². The first kappa shape index (κ1) is 34.0. The molecule has 0 fully saturated rings. The van der Waals surface area contributed by atoms with E-state index in [9.17, 15) is 0 Å². The number of benzene rings is 3. The number of nitrogens with one attached hydrogen (secondary N) is 1. The highest BCUT2D eigenvalue weighted by Gasteiger charge is 2.37. The summed E-state index contributed by atoms with van der Waals surface area (Å²) in [5.74, 6) is 1.36. The van der Waals surface area contributed by atoms with Crippen LogP contribution in [0.1, 0.15) is 58.0 Å². The van der Waals surface area contributed by atoms with Crippen molar-refractivity contribution in [3.05, 3.63) is 98.8 Å². The second-order valence-electron chi connectivity index (χ2n) is 13.9. The number of aromatic amines is 1. The van der Waals surface area contributed by atoms with E-state index in [1.54, 1.807) is 11.0 Å². The molecule has 5 heterocycles. The lowest BCUT2D eigenvalue weighted by atomic mass is 9.98. The summed E-state index contributed by atoms with van der Waals surface area (Å²) in [6, 6.07) is 14.0. The van der Waals surface area contributed by atoms with E-state index in [1.807, 2.05) is 81.0 Å². The van der Waals surface area contributed by atoms with Crippen molar-refractivity contribution in [1.29, 1.82) is 0 Å². The number of carbonyl (C=O) groups excluding carboxylic acids is 1. The third kappa shape index (κ3) is 5.47. The molecular weight excluding hydrogens is 695 g/mol. The number of amides is 1. The molecule has 7 aromatic rings. The molecule has 0 bridgehead atoms. The molecule has 3 aromatic carbocycles. The number of rotatable bonds is 8. The molecule has 10 nitrogen and oxygen atoms in total. The van der Waals surface area contributed by atoms with Crippen molar-refractivity contribution < 1.29 is 9.53 Å². The number of halogens is 2. The number of ether oxygens (including phenoxy) is 1. The van der Waals surface area contributed by atoms with Gasteiger partial charge >= 0.3 is 0 Å². The summed E-state index contributed by atoms with van der Waals surface area (Å²) in [5.41, 5.74) is 11.0. The van der Waals surface area contributed by atoms with Gasteiger partial charge < -0.3 is 19.2 Å². The van der Waals surface area contributed by atoms with Crippen LogP contribution in [0.3, 0.4) is 0 Å². The summed E-state index contributed by atoms with van der Waals surface area (Å²) < 4.78 is 12.0. The molecule has 0 aliphatic carbocycles. The second kappa shape index (κ2) is 12.9. The third-order valence-corrected chi connectivity index (χ3v) is 11.3. The average Bonchev–Trinajstić information content (AvgIpc) is 3.87. The van der Waals surface area contributed by atoms with Crippen LogP contribution in [-0.2, 0) is 20.5 Å². The summed E-state index contributed by atoms with van der Waals surface area (Å²) in [7, 11) is 3.80. The maximum absolute atomic E-state index is 15.1. The molecule has 1 aliphatic rings. The second-order valence-corrected chi connectivity index (χ2v) is 14.7. The highest BCUT2D eigenvalue weighted by atomic mass is 35.5. The first-order valence-corrected chi connectivity index (χ1v) is 18.2. The van der Waals surface area contributed by atoms with E-state index in [1.165, 1.54) is 0 Å². The first-order valence-electron chi connectivity index (χ1n) is 17.5. The molecule has 1 atom stereocenters. The number of hydrogen-bond acceptors (Lipinski definition) is 5. The van der Waals surface area contributed by atoms with Gasteiger partial charge in [0.1, 0.15) is 17.8 Å². The zero-order valence-electron chi connectivity index (χ0n) is 30.3. The van der Waals surface area contributed by atoms with E-state index in [0.29, 0.717) is 42.5 Å². The fourth-order valence-corrected chi connectivity index (χ4v) is 8.23. The predicted molar refractivity (Wildman–Crippen MR) is 208 cm³/mol. The van der Waals surface area contributed by atoms with Crippen molar-refractivity contribution >= 4 is 56.6 Å². The number of nitrogens with zero attached hydrogens (tertiary/aromatic N) is 7. The van der Waals surface area contributed by atoms with Gasteiger partial charge in [-0.15, -0.1) is 0 Å². The zero-order valence-corrected chi connectivity index (χ0v) is 31.8. The maximum Gasteiger partial charge on any atom is 0.275 e. The molecule has 8 rings (SSSR count). The standard InChI is InChI=1S/C40H40Cl2N8O2/c1-21-15-27(16-22(2)36(21)42)52-14-8-9-28-29-11-12-31(41)35(34-24(4)45-48(7)25(34)5)37(29)50-23(3)19-49(40(51)38(28)50)33-18-43-32-13-10-26(17-30(32)33)39-44-20-47(6)46-39/h10-13,15-18,20,23,43H,8-9,14,19H2,1-7H3/t23-/m1/s1. The van der Waals surface area contributed by atoms with Gasteiger partial charge in [-0.05, 0) is 101 Å². The Labute approximate surface area is 311 Å². The van der Waals surface area contributed by atoms with E-state index < -0.39 is 0 Å². The molecule has 0 spiro atoms. The van der Waals surface area contributed by atoms with Gasteiger partial charge in [-0.2, -0.15) is 10.2 Å². The van der Waals surface area contributed by atoms with Crippen molar-refractivity contribution in [2.75, 3.05) is 18.1 Å². The van der Waals surface area contributed by atoms with Gasteiger partial charge in [0.15, 0.2) is 5.82 Å². The minimum atomic E-state index is -0.0692. The van der Waals surface area contributed by atoms with Crippen molar-refractivity contribution in [3.8, 4) is 28.3 Å². The topological polar surface area (TPSA) is 98.8 Å². The lowest BCUT2D eigenvalue weighted by molar-refractivity contribution is 0.0957. The molecule has 266 valence electrons. The Morgan fingerprint density at radius 2 is 1.73 bits per heavy atom. The van der Waals surface area contributed by atoms with Gasteiger partial charge in [0.2, 0.25) is 0 Å². The highest BCUT2D eigenvalue weighted by molar-refractivity contribution is 6.35. The van der Waals surface area contributed by atoms with Crippen LogP contribution in [0.2, 0.25) is 10.0 Å². The number of anilines is 1. The van der Waals surface area contributed by atoms with Gasteiger partial charge in [0, 0.05) is 76.6 Å². The summed E-state index contributed by atoms with van der Waals surface area (Å²) >= 11 is 13.5. The van der Waals surface area contributed by atoms with Crippen LogP contribution < -0.4 is 9.64 Å². The monoisotopic (exact) mass is 734 g/mol. The molecule has 1 amide bonds. The Morgan fingerprint density at radius 3 is 2.42 bits per heavy atom. The Morgan fingerprint density at radius 1 is 0.962 bits per heavy atom. The van der Waals surface area contributed by atoms with Gasteiger partial charge in [0.25, 0.3) is 5.91 Å². The van der Waals surface area contributed by atoms with Crippen LogP contribution in [0.5, 0.6) is 5.75 Å². The summed E-state index contributed by atoms with van der Waals surface area (Å²) in [5, 5.41) is 12.6. The number of H-pyrrole nitrogens is 1. The molecule has 0 radical (unpaired) electrons. The summed E-state index contributed by atoms with van der Waals surface area (Å²) in [6.07, 6.45) is 4.94. The fraction of sp³-hybridized carbons (Fsp3) is 0.300. The first-order chi connectivity index (χ1) is 24.9. The number of aromatic nitrogens is 7. The Bertz CT molecular complexity index is 2530. The number of fused-ring (bicyclic) bond motifs is 4. The molecular formula is C40H40Cl2N8O2. The van der Waals surface area contributed by atoms with Crippen LogP contribution >= 0.6 is 23.2 Å². The number of carbonyl (C=O) groups is 1. The van der Waals surface area contributed by atoms with E-state index in [0.717, 1.165) is 83.0 Å². The van der Waals surface area contributed by atoms with Crippen molar-refractivity contribution in [2.45, 2.75) is 53.5 Å². The Hall–Kier alpha value is -5.06. The maximum atomic E-state index is 15.1.